The third kappa shape index (κ3) is 6.05. The number of hydrogen-bond acceptors (Lipinski definition) is 2. The molecule has 2 amide bonds. The second kappa shape index (κ2) is 7.58. The molecule has 0 unspecified atom stereocenters. The molecule has 19 heavy (non-hydrogen) atoms. The molecule has 0 atom stereocenters. The average Bonchev–Trinajstić information content (AvgIpc) is 2.33. The zero-order valence-electron chi connectivity index (χ0n) is 10.1. The van der Waals surface area contributed by atoms with Gasteiger partial charge in [0.2, 0.25) is 0 Å². The maximum Gasteiger partial charge on any atom is 0.319 e. The Kier molecular flexibility index (Phi) is 6.08. The number of benzene rings is 1. The first kappa shape index (κ1) is 15.2. The van der Waals surface area contributed by atoms with E-state index in [4.69, 9.17) is 16.7 Å². The molecule has 1 aromatic rings. The highest BCUT2D eigenvalue weighted by Gasteiger charge is 2.06. The zero-order valence-corrected chi connectivity index (χ0v) is 10.8. The number of amides is 2. The molecule has 0 spiro atoms. The van der Waals surface area contributed by atoms with Gasteiger partial charge in [-0.15, -0.1) is 0 Å². The van der Waals surface area contributed by atoms with Crippen LogP contribution in [0.25, 0.3) is 0 Å². The minimum atomic E-state index is -0.865. The molecule has 0 bridgehead atoms. The summed E-state index contributed by atoms with van der Waals surface area (Å²) in [6, 6.07) is 3.14. The van der Waals surface area contributed by atoms with Crippen molar-refractivity contribution in [3.63, 3.8) is 0 Å². The van der Waals surface area contributed by atoms with Gasteiger partial charge in [0.1, 0.15) is 5.82 Å². The monoisotopic (exact) mass is 288 g/mol. The van der Waals surface area contributed by atoms with Crippen LogP contribution in [0.2, 0.25) is 5.02 Å². The minimum Gasteiger partial charge on any atom is -0.481 e. The second-order valence-corrected chi connectivity index (χ2v) is 4.26. The first-order valence-corrected chi connectivity index (χ1v) is 6.08. The molecule has 1 aromatic carbocycles. The fourth-order valence-corrected chi connectivity index (χ4v) is 1.53. The third-order valence-electron chi connectivity index (χ3n) is 2.28. The van der Waals surface area contributed by atoms with Crippen LogP contribution in [0.1, 0.15) is 19.3 Å². The van der Waals surface area contributed by atoms with Gasteiger partial charge in [-0.2, -0.15) is 0 Å². The third-order valence-corrected chi connectivity index (χ3v) is 2.61. The van der Waals surface area contributed by atoms with E-state index in [-0.39, 0.29) is 17.1 Å². The molecule has 0 saturated carbocycles. The van der Waals surface area contributed by atoms with Crippen LogP contribution in [0.4, 0.5) is 14.9 Å². The zero-order chi connectivity index (χ0) is 14.3. The van der Waals surface area contributed by atoms with Crippen LogP contribution in [-0.2, 0) is 4.79 Å². The van der Waals surface area contributed by atoms with Crippen molar-refractivity contribution in [1.29, 1.82) is 0 Å². The molecule has 0 radical (unpaired) electrons. The summed E-state index contributed by atoms with van der Waals surface area (Å²) in [5.41, 5.74) is 0.185. The van der Waals surface area contributed by atoms with E-state index in [1.165, 1.54) is 12.1 Å². The lowest BCUT2D eigenvalue weighted by Crippen LogP contribution is -2.29. The van der Waals surface area contributed by atoms with E-state index in [1.54, 1.807) is 0 Å². The molecule has 0 aliphatic heterocycles. The highest BCUT2D eigenvalue weighted by molar-refractivity contribution is 6.33. The molecular formula is C12H14ClFN2O3. The number of carboxylic acid groups (broad SMARTS) is 1. The summed E-state index contributed by atoms with van der Waals surface area (Å²) >= 11 is 5.78. The summed E-state index contributed by atoms with van der Waals surface area (Å²) < 4.78 is 12.9. The molecule has 0 saturated heterocycles. The van der Waals surface area contributed by atoms with Crippen molar-refractivity contribution in [2.45, 2.75) is 19.3 Å². The fourth-order valence-electron chi connectivity index (χ4n) is 1.36. The van der Waals surface area contributed by atoms with E-state index in [9.17, 15) is 14.0 Å². The Hall–Kier alpha value is -1.82. The van der Waals surface area contributed by atoms with Crippen molar-refractivity contribution in [3.05, 3.63) is 29.0 Å². The molecular weight excluding hydrogens is 275 g/mol. The summed E-state index contributed by atoms with van der Waals surface area (Å²) in [5.74, 6) is -1.36. The summed E-state index contributed by atoms with van der Waals surface area (Å²) in [7, 11) is 0. The Bertz CT molecular complexity index is 468. The van der Waals surface area contributed by atoms with E-state index in [2.05, 4.69) is 10.6 Å². The Morgan fingerprint density at radius 1 is 1.32 bits per heavy atom. The summed E-state index contributed by atoms with van der Waals surface area (Å²) in [6.45, 7) is 0.339. The topological polar surface area (TPSA) is 78.4 Å². The molecule has 104 valence electrons. The number of anilines is 1. The van der Waals surface area contributed by atoms with Crippen molar-refractivity contribution in [3.8, 4) is 0 Å². The second-order valence-electron chi connectivity index (χ2n) is 3.86. The van der Waals surface area contributed by atoms with Crippen LogP contribution in [-0.4, -0.2) is 23.7 Å². The highest BCUT2D eigenvalue weighted by Crippen LogP contribution is 2.22. The number of nitrogens with one attached hydrogen (secondary N) is 2. The van der Waals surface area contributed by atoms with Gasteiger partial charge in [0.15, 0.2) is 0 Å². The predicted molar refractivity (Wildman–Crippen MR) is 69.9 cm³/mol. The van der Waals surface area contributed by atoms with Gasteiger partial charge in [0.25, 0.3) is 0 Å². The van der Waals surface area contributed by atoms with Crippen LogP contribution in [0.15, 0.2) is 18.2 Å². The average molecular weight is 289 g/mol. The molecule has 0 aromatic heterocycles. The van der Waals surface area contributed by atoms with Gasteiger partial charge >= 0.3 is 12.0 Å². The van der Waals surface area contributed by atoms with Crippen LogP contribution < -0.4 is 10.6 Å². The smallest absolute Gasteiger partial charge is 0.319 e. The summed E-state index contributed by atoms with van der Waals surface area (Å²) in [4.78, 5) is 21.7. The van der Waals surface area contributed by atoms with Crippen LogP contribution in [0.3, 0.4) is 0 Å². The van der Waals surface area contributed by atoms with Gasteiger partial charge < -0.3 is 15.7 Å². The van der Waals surface area contributed by atoms with E-state index in [0.717, 1.165) is 6.07 Å². The standard InChI is InChI=1S/C12H14ClFN2O3/c13-9-5-4-8(14)7-10(9)16-12(19)15-6-2-1-3-11(17)18/h4-5,7H,1-3,6H2,(H,17,18)(H2,15,16,19). The number of hydrogen-bond donors (Lipinski definition) is 3. The molecule has 0 fully saturated rings. The highest BCUT2D eigenvalue weighted by atomic mass is 35.5. The van der Waals surface area contributed by atoms with E-state index in [0.29, 0.717) is 19.4 Å². The number of urea groups is 1. The largest absolute Gasteiger partial charge is 0.481 e. The Morgan fingerprint density at radius 3 is 2.74 bits per heavy atom. The summed E-state index contributed by atoms with van der Waals surface area (Å²) in [5, 5.41) is 13.6. The number of unbranched alkanes of at least 4 members (excludes halogenated alkanes) is 1. The quantitative estimate of drug-likeness (QED) is 0.704. The maximum absolute atomic E-state index is 12.9. The SMILES string of the molecule is O=C(O)CCCCNC(=O)Nc1cc(F)ccc1Cl. The normalized spacial score (nSPS) is 10.0. The lowest BCUT2D eigenvalue weighted by molar-refractivity contribution is -0.137. The van der Waals surface area contributed by atoms with Gasteiger partial charge in [0.05, 0.1) is 10.7 Å². The molecule has 0 aliphatic rings. The minimum absolute atomic E-state index is 0.0685. The van der Waals surface area contributed by atoms with Crippen molar-refractivity contribution in [2.24, 2.45) is 0 Å². The molecule has 3 N–H and O–H groups in total. The van der Waals surface area contributed by atoms with Crippen molar-refractivity contribution >= 4 is 29.3 Å². The van der Waals surface area contributed by atoms with Crippen LogP contribution in [0, 0.1) is 5.82 Å². The van der Waals surface area contributed by atoms with Gasteiger partial charge in [-0.05, 0) is 31.0 Å². The lowest BCUT2D eigenvalue weighted by atomic mass is 10.2. The number of carbonyl (C=O) groups is 2. The van der Waals surface area contributed by atoms with E-state index >= 15 is 0 Å². The number of carboxylic acids is 1. The Labute approximate surface area is 114 Å². The first-order valence-electron chi connectivity index (χ1n) is 5.70. The number of rotatable bonds is 6. The van der Waals surface area contributed by atoms with Gasteiger partial charge in [-0.25, -0.2) is 9.18 Å². The molecule has 7 heteroatoms. The Morgan fingerprint density at radius 2 is 2.05 bits per heavy atom. The van der Waals surface area contributed by atoms with Crippen molar-refractivity contribution in [2.75, 3.05) is 11.9 Å². The number of aliphatic carboxylic acids is 1. The molecule has 1 rings (SSSR count). The number of carbonyl (C=O) groups excluding carboxylic acids is 1. The van der Waals surface area contributed by atoms with Crippen LogP contribution in [0.5, 0.6) is 0 Å². The van der Waals surface area contributed by atoms with Gasteiger partial charge in [-0.1, -0.05) is 11.6 Å². The van der Waals surface area contributed by atoms with E-state index < -0.39 is 17.8 Å². The van der Waals surface area contributed by atoms with Gasteiger partial charge in [0, 0.05) is 13.0 Å². The Balaban J connectivity index is 2.31. The van der Waals surface area contributed by atoms with E-state index in [1.807, 2.05) is 0 Å². The van der Waals surface area contributed by atoms with Crippen molar-refractivity contribution < 1.29 is 19.1 Å². The summed E-state index contributed by atoms with van der Waals surface area (Å²) in [6.07, 6.45) is 1.10. The molecule has 0 aliphatic carbocycles. The predicted octanol–water partition coefficient (Wildman–Crippen LogP) is 2.86. The lowest BCUT2D eigenvalue weighted by Gasteiger charge is -2.08. The van der Waals surface area contributed by atoms with Gasteiger partial charge in [-0.3, -0.25) is 4.79 Å². The number of halogens is 2. The fraction of sp³-hybridized carbons (Fsp3) is 0.333. The maximum atomic E-state index is 12.9. The molecule has 0 heterocycles. The van der Waals surface area contributed by atoms with Crippen molar-refractivity contribution in [1.82, 2.24) is 5.32 Å². The van der Waals surface area contributed by atoms with Crippen LogP contribution >= 0.6 is 11.6 Å². The molecule has 5 nitrogen and oxygen atoms in total. The first-order chi connectivity index (χ1) is 8.99.